The molecule has 0 N–H and O–H groups in total. The molecule has 0 aliphatic carbocycles. The van der Waals surface area contributed by atoms with Crippen LogP contribution in [0.4, 0.5) is 4.79 Å². The van der Waals surface area contributed by atoms with Crippen LogP contribution in [0.5, 0.6) is 5.75 Å². The van der Waals surface area contributed by atoms with Crippen molar-refractivity contribution in [2.45, 2.75) is 13.0 Å². The van der Waals surface area contributed by atoms with Crippen molar-refractivity contribution in [3.05, 3.63) is 29.8 Å². The van der Waals surface area contributed by atoms with Crippen LogP contribution in [0.1, 0.15) is 5.56 Å². The van der Waals surface area contributed by atoms with Gasteiger partial charge in [0.2, 0.25) is 0 Å². The molecule has 1 aliphatic rings. The van der Waals surface area contributed by atoms with Crippen molar-refractivity contribution in [1.82, 2.24) is 0 Å². The van der Waals surface area contributed by atoms with E-state index >= 15 is 0 Å². The van der Waals surface area contributed by atoms with Gasteiger partial charge in [-0.05, 0) is 19.1 Å². The second kappa shape index (κ2) is 4.95. The van der Waals surface area contributed by atoms with Gasteiger partial charge in [-0.25, -0.2) is 4.79 Å². The number of carbonyl (C=O) groups is 1. The lowest BCUT2D eigenvalue weighted by Crippen LogP contribution is -2.23. The van der Waals surface area contributed by atoms with Crippen LogP contribution in [-0.2, 0) is 19.0 Å². The first kappa shape index (κ1) is 12.8. The molecule has 1 atom stereocenters. The van der Waals surface area contributed by atoms with Crippen molar-refractivity contribution in [3.63, 3.8) is 0 Å². The number of hydrogen-bond acceptors (Lipinski definition) is 6. The van der Waals surface area contributed by atoms with Crippen molar-refractivity contribution >= 4 is 16.3 Å². The van der Waals surface area contributed by atoms with Crippen molar-refractivity contribution in [2.24, 2.45) is 0 Å². The third-order valence-corrected chi connectivity index (χ3v) is 3.58. The molecule has 0 bridgehead atoms. The van der Waals surface area contributed by atoms with Crippen LogP contribution >= 0.6 is 0 Å². The molecule has 7 heteroatoms. The smallest absolute Gasteiger partial charge is 0.427 e. The van der Waals surface area contributed by atoms with Crippen molar-refractivity contribution in [3.8, 4) is 5.75 Å². The van der Waals surface area contributed by atoms with E-state index in [1.807, 2.05) is 6.92 Å². The SMILES string of the molecule is Cc1ccc(OC(=O)OC2COS(=O)(=O)C2)cc1. The van der Waals surface area contributed by atoms with E-state index in [1.54, 1.807) is 24.3 Å². The van der Waals surface area contributed by atoms with E-state index in [9.17, 15) is 13.2 Å². The highest BCUT2D eigenvalue weighted by molar-refractivity contribution is 7.87. The van der Waals surface area contributed by atoms with E-state index in [-0.39, 0.29) is 12.4 Å². The van der Waals surface area contributed by atoms with E-state index in [2.05, 4.69) is 4.18 Å². The number of ether oxygens (including phenoxy) is 2. The lowest BCUT2D eigenvalue weighted by atomic mass is 10.2. The number of hydrogen-bond donors (Lipinski definition) is 0. The van der Waals surface area contributed by atoms with Gasteiger partial charge in [0.25, 0.3) is 10.1 Å². The number of aryl methyl sites for hydroxylation is 1. The molecule has 0 saturated carbocycles. The van der Waals surface area contributed by atoms with Gasteiger partial charge in [-0.1, -0.05) is 17.7 Å². The summed E-state index contributed by atoms with van der Waals surface area (Å²) in [7, 11) is -3.55. The second-order valence-corrected chi connectivity index (χ2v) is 5.60. The summed E-state index contributed by atoms with van der Waals surface area (Å²) in [6, 6.07) is 6.81. The number of rotatable bonds is 2. The third kappa shape index (κ3) is 3.44. The van der Waals surface area contributed by atoms with Gasteiger partial charge in [0.1, 0.15) is 24.2 Å². The molecule has 98 valence electrons. The van der Waals surface area contributed by atoms with Crippen LogP contribution in [0.2, 0.25) is 0 Å². The molecule has 1 saturated heterocycles. The molecule has 1 fully saturated rings. The van der Waals surface area contributed by atoms with E-state index in [4.69, 9.17) is 9.47 Å². The van der Waals surface area contributed by atoms with Crippen LogP contribution in [0.15, 0.2) is 24.3 Å². The predicted molar refractivity (Wildman–Crippen MR) is 61.8 cm³/mol. The highest BCUT2D eigenvalue weighted by atomic mass is 32.2. The first-order valence-corrected chi connectivity index (χ1v) is 6.84. The van der Waals surface area contributed by atoms with Gasteiger partial charge >= 0.3 is 6.16 Å². The Labute approximate surface area is 105 Å². The highest BCUT2D eigenvalue weighted by Gasteiger charge is 2.32. The minimum Gasteiger partial charge on any atom is -0.427 e. The number of benzene rings is 1. The first-order valence-electron chi connectivity index (χ1n) is 5.27. The molecule has 0 amide bonds. The van der Waals surface area contributed by atoms with Crippen LogP contribution in [0, 0.1) is 6.92 Å². The molecule has 6 nitrogen and oxygen atoms in total. The van der Waals surface area contributed by atoms with Gasteiger partial charge in [0, 0.05) is 0 Å². The molecule has 1 unspecified atom stereocenters. The molecular weight excluding hydrogens is 260 g/mol. The first-order chi connectivity index (χ1) is 8.44. The maximum Gasteiger partial charge on any atom is 0.514 e. The average molecular weight is 272 g/mol. The summed E-state index contributed by atoms with van der Waals surface area (Å²) in [6.45, 7) is 1.74. The Morgan fingerprint density at radius 1 is 1.33 bits per heavy atom. The lowest BCUT2D eigenvalue weighted by Gasteiger charge is -2.08. The fraction of sp³-hybridized carbons (Fsp3) is 0.364. The fourth-order valence-electron chi connectivity index (χ4n) is 1.43. The van der Waals surface area contributed by atoms with E-state index < -0.39 is 22.4 Å². The van der Waals surface area contributed by atoms with Crippen molar-refractivity contribution in [1.29, 1.82) is 0 Å². The fourth-order valence-corrected chi connectivity index (χ4v) is 2.51. The minimum absolute atomic E-state index is 0.161. The van der Waals surface area contributed by atoms with Gasteiger partial charge in [-0.2, -0.15) is 8.42 Å². The Hall–Kier alpha value is -1.60. The molecule has 18 heavy (non-hydrogen) atoms. The Bertz CT molecular complexity index is 533. The summed E-state index contributed by atoms with van der Waals surface area (Å²) in [5.74, 6) is 0.00286. The molecule has 0 aromatic heterocycles. The molecule has 0 spiro atoms. The summed E-state index contributed by atoms with van der Waals surface area (Å²) in [5, 5.41) is 0. The molecule has 1 aromatic carbocycles. The Morgan fingerprint density at radius 2 is 2.00 bits per heavy atom. The summed E-state index contributed by atoms with van der Waals surface area (Å²) >= 11 is 0. The van der Waals surface area contributed by atoms with Crippen molar-refractivity contribution in [2.75, 3.05) is 12.4 Å². The molecule has 1 aliphatic heterocycles. The third-order valence-electron chi connectivity index (χ3n) is 2.31. The predicted octanol–water partition coefficient (Wildman–Crippen LogP) is 1.24. The van der Waals surface area contributed by atoms with Gasteiger partial charge < -0.3 is 9.47 Å². The Morgan fingerprint density at radius 3 is 2.56 bits per heavy atom. The van der Waals surface area contributed by atoms with Crippen LogP contribution in [-0.4, -0.2) is 33.0 Å². The zero-order valence-corrected chi connectivity index (χ0v) is 10.5. The van der Waals surface area contributed by atoms with E-state index in [1.165, 1.54) is 0 Å². The lowest BCUT2D eigenvalue weighted by molar-refractivity contribution is 0.0573. The van der Waals surface area contributed by atoms with Crippen LogP contribution in [0.3, 0.4) is 0 Å². The zero-order valence-electron chi connectivity index (χ0n) is 9.66. The molecule has 2 rings (SSSR count). The second-order valence-electron chi connectivity index (χ2n) is 3.91. The van der Waals surface area contributed by atoms with Crippen LogP contribution < -0.4 is 4.74 Å². The summed E-state index contributed by atoms with van der Waals surface area (Å²) in [5.41, 5.74) is 1.03. The average Bonchev–Trinajstić information content (AvgIpc) is 2.61. The summed E-state index contributed by atoms with van der Waals surface area (Å²) < 4.78 is 36.1. The van der Waals surface area contributed by atoms with Gasteiger partial charge in [-0.15, -0.1) is 0 Å². The quantitative estimate of drug-likeness (QED) is 0.458. The van der Waals surface area contributed by atoms with E-state index in [0.29, 0.717) is 5.75 Å². The maximum absolute atomic E-state index is 11.4. The topological polar surface area (TPSA) is 78.9 Å². The van der Waals surface area contributed by atoms with Gasteiger partial charge in [-0.3, -0.25) is 4.18 Å². The maximum atomic E-state index is 11.4. The molecule has 1 aromatic rings. The van der Waals surface area contributed by atoms with Gasteiger partial charge in [0.15, 0.2) is 0 Å². The monoisotopic (exact) mass is 272 g/mol. The summed E-state index contributed by atoms with van der Waals surface area (Å²) in [6.07, 6.45) is -1.75. The normalized spacial score (nSPS) is 21.5. The Kier molecular flexibility index (Phi) is 3.53. The largest absolute Gasteiger partial charge is 0.514 e. The highest BCUT2D eigenvalue weighted by Crippen LogP contribution is 2.15. The molecule has 0 radical (unpaired) electrons. The standard InChI is InChI=1S/C11H12O6S/c1-8-2-4-9(5-3-8)16-11(12)17-10-6-15-18(13,14)7-10/h2-5,10H,6-7H2,1H3. The van der Waals surface area contributed by atoms with Crippen LogP contribution in [0.25, 0.3) is 0 Å². The number of carbonyl (C=O) groups excluding carboxylic acids is 1. The summed E-state index contributed by atoms with van der Waals surface area (Å²) in [4.78, 5) is 11.4. The molecular formula is C11H12O6S. The van der Waals surface area contributed by atoms with E-state index in [0.717, 1.165) is 5.56 Å². The Balaban J connectivity index is 1.88. The molecule has 1 heterocycles. The zero-order chi connectivity index (χ0) is 13.2. The van der Waals surface area contributed by atoms with Gasteiger partial charge in [0.05, 0.1) is 0 Å². The minimum atomic E-state index is -3.55. The van der Waals surface area contributed by atoms with Crippen molar-refractivity contribution < 1.29 is 26.9 Å².